The van der Waals surface area contributed by atoms with Gasteiger partial charge in [0.2, 0.25) is 0 Å². The summed E-state index contributed by atoms with van der Waals surface area (Å²) in [6, 6.07) is 7.95. The molecule has 0 aliphatic rings. The van der Waals surface area contributed by atoms with Gasteiger partial charge in [0, 0.05) is 15.7 Å². The van der Waals surface area contributed by atoms with Gasteiger partial charge >= 0.3 is 0 Å². The summed E-state index contributed by atoms with van der Waals surface area (Å²) in [6.07, 6.45) is 0.879. The van der Waals surface area contributed by atoms with E-state index >= 15 is 0 Å². The third-order valence-electron chi connectivity index (χ3n) is 2.42. The second-order valence-electron chi connectivity index (χ2n) is 3.52. The van der Waals surface area contributed by atoms with Crippen LogP contribution in [0.1, 0.15) is 12.6 Å². The van der Waals surface area contributed by atoms with E-state index in [1.165, 1.54) is 0 Å². The first-order valence-corrected chi connectivity index (χ1v) is 7.16. The van der Waals surface area contributed by atoms with Crippen LogP contribution in [0, 0.1) is 4.64 Å². The normalized spacial score (nSPS) is 10.5. The summed E-state index contributed by atoms with van der Waals surface area (Å²) in [7, 11) is 0. The number of nitrogens with one attached hydrogen (secondary N) is 1. The zero-order chi connectivity index (χ0) is 12.4. The highest BCUT2D eigenvalue weighted by atomic mass is 79.9. The Bertz CT molecular complexity index is 608. The van der Waals surface area contributed by atoms with Gasteiger partial charge < -0.3 is 4.98 Å². The maximum atomic E-state index is 5.24. The monoisotopic (exact) mass is 372 g/mol. The van der Waals surface area contributed by atoms with E-state index in [1.54, 1.807) is 0 Å². The van der Waals surface area contributed by atoms with Crippen molar-refractivity contribution in [3.05, 3.63) is 43.5 Å². The molecule has 0 bridgehead atoms. The lowest BCUT2D eigenvalue weighted by molar-refractivity contribution is 0.983. The molecule has 0 saturated heterocycles. The summed E-state index contributed by atoms with van der Waals surface area (Å²) >= 11 is 12.2. The van der Waals surface area contributed by atoms with Crippen molar-refractivity contribution in [2.24, 2.45) is 0 Å². The number of benzene rings is 1. The van der Waals surface area contributed by atoms with Gasteiger partial charge in [0.15, 0.2) is 0 Å². The molecule has 0 atom stereocenters. The van der Waals surface area contributed by atoms with Crippen molar-refractivity contribution in [3.63, 3.8) is 0 Å². The number of nitrogens with zero attached hydrogens (tertiary/aromatic N) is 1. The van der Waals surface area contributed by atoms with E-state index in [0.717, 1.165) is 32.4 Å². The highest BCUT2D eigenvalue weighted by Gasteiger charge is 2.08. The zero-order valence-electron chi connectivity index (χ0n) is 9.13. The number of aryl methyl sites for hydroxylation is 1. The Labute approximate surface area is 122 Å². The number of hydrogen-bond donors (Lipinski definition) is 1. The van der Waals surface area contributed by atoms with Crippen LogP contribution in [-0.4, -0.2) is 9.97 Å². The van der Waals surface area contributed by atoms with E-state index in [1.807, 2.05) is 24.3 Å². The van der Waals surface area contributed by atoms with E-state index in [4.69, 9.17) is 12.2 Å². The van der Waals surface area contributed by atoms with Crippen molar-refractivity contribution in [1.82, 2.24) is 9.97 Å². The maximum Gasteiger partial charge on any atom is 0.144 e. The summed E-state index contributed by atoms with van der Waals surface area (Å²) in [4.78, 5) is 7.70. The highest BCUT2D eigenvalue weighted by Crippen LogP contribution is 2.27. The van der Waals surface area contributed by atoms with Gasteiger partial charge in [0.05, 0.1) is 4.47 Å². The molecule has 0 radical (unpaired) electrons. The summed E-state index contributed by atoms with van der Waals surface area (Å²) in [6.45, 7) is 2.08. The molecule has 2 nitrogen and oxygen atoms in total. The first kappa shape index (κ1) is 12.9. The number of halogens is 2. The van der Waals surface area contributed by atoms with Crippen LogP contribution in [0.3, 0.4) is 0 Å². The molecule has 2 aromatic rings. The van der Waals surface area contributed by atoms with Crippen molar-refractivity contribution in [1.29, 1.82) is 0 Å². The molecule has 0 fully saturated rings. The Morgan fingerprint density at radius 1 is 1.29 bits per heavy atom. The predicted octanol–water partition coefficient (Wildman–Crippen LogP) is 4.89. The lowest BCUT2D eigenvalue weighted by atomic mass is 10.2. The van der Waals surface area contributed by atoms with E-state index in [-0.39, 0.29) is 0 Å². The van der Waals surface area contributed by atoms with Gasteiger partial charge in [-0.25, -0.2) is 4.98 Å². The standard InChI is InChI=1S/C12H10Br2N2S/c1-2-9-10(14)12(17)16-11(15-9)7-5-3-4-6-8(7)13/h3-6H,2H2,1H3,(H,15,16,17). The number of aromatic nitrogens is 2. The molecule has 1 aromatic carbocycles. The van der Waals surface area contributed by atoms with E-state index < -0.39 is 0 Å². The lowest BCUT2D eigenvalue weighted by Crippen LogP contribution is -1.97. The number of aromatic amines is 1. The average Bonchev–Trinajstić information content (AvgIpc) is 2.33. The Balaban J connectivity index is 2.66. The molecule has 1 N–H and O–H groups in total. The Morgan fingerprint density at radius 2 is 2.00 bits per heavy atom. The molecule has 1 heterocycles. The van der Waals surface area contributed by atoms with Crippen molar-refractivity contribution < 1.29 is 0 Å². The molecule has 0 spiro atoms. The molecule has 0 saturated carbocycles. The van der Waals surface area contributed by atoms with Gasteiger partial charge in [-0.2, -0.15) is 0 Å². The van der Waals surface area contributed by atoms with Crippen molar-refractivity contribution in [2.45, 2.75) is 13.3 Å². The van der Waals surface area contributed by atoms with Gasteiger partial charge in [0.1, 0.15) is 10.5 Å². The molecule has 0 amide bonds. The fourth-order valence-electron chi connectivity index (χ4n) is 1.53. The molecule has 88 valence electrons. The molecule has 1 aromatic heterocycles. The second-order valence-corrected chi connectivity index (χ2v) is 5.55. The molecule has 5 heteroatoms. The number of H-pyrrole nitrogens is 1. The van der Waals surface area contributed by atoms with E-state index in [9.17, 15) is 0 Å². The van der Waals surface area contributed by atoms with Gasteiger partial charge in [-0.3, -0.25) is 0 Å². The number of hydrogen-bond acceptors (Lipinski definition) is 2. The summed E-state index contributed by atoms with van der Waals surface area (Å²) in [5, 5.41) is 0. The SMILES string of the molecule is CCc1[nH]c(-c2ccccc2Br)nc(=S)c1Br. The van der Waals surface area contributed by atoms with Crippen molar-refractivity contribution in [2.75, 3.05) is 0 Å². The molecule has 17 heavy (non-hydrogen) atoms. The van der Waals surface area contributed by atoms with Crippen molar-refractivity contribution in [3.8, 4) is 11.4 Å². The largest absolute Gasteiger partial charge is 0.342 e. The van der Waals surface area contributed by atoms with Crippen LogP contribution in [0.5, 0.6) is 0 Å². The lowest BCUT2D eigenvalue weighted by Gasteiger charge is -2.08. The summed E-state index contributed by atoms with van der Waals surface area (Å²) < 4.78 is 2.47. The minimum Gasteiger partial charge on any atom is -0.342 e. The van der Waals surface area contributed by atoms with Crippen LogP contribution in [-0.2, 0) is 6.42 Å². The molecular formula is C12H10Br2N2S. The predicted molar refractivity (Wildman–Crippen MR) is 79.6 cm³/mol. The first-order chi connectivity index (χ1) is 8.13. The summed E-state index contributed by atoms with van der Waals surface area (Å²) in [5.41, 5.74) is 2.08. The zero-order valence-corrected chi connectivity index (χ0v) is 13.1. The van der Waals surface area contributed by atoms with Crippen LogP contribution < -0.4 is 0 Å². The Kier molecular flexibility index (Phi) is 4.12. The third kappa shape index (κ3) is 2.67. The van der Waals surface area contributed by atoms with Crippen LogP contribution in [0.2, 0.25) is 0 Å². The minimum absolute atomic E-state index is 0.589. The maximum absolute atomic E-state index is 5.24. The average molecular weight is 374 g/mol. The Morgan fingerprint density at radius 3 is 2.65 bits per heavy atom. The quantitative estimate of drug-likeness (QED) is 0.759. The third-order valence-corrected chi connectivity index (χ3v) is 4.52. The second kappa shape index (κ2) is 5.42. The van der Waals surface area contributed by atoms with Gasteiger partial charge in [0.25, 0.3) is 0 Å². The Hall–Kier alpha value is -0.520. The number of rotatable bonds is 2. The topological polar surface area (TPSA) is 28.7 Å². The molecule has 2 rings (SSSR count). The van der Waals surface area contributed by atoms with Crippen LogP contribution >= 0.6 is 44.1 Å². The molecule has 0 aliphatic carbocycles. The first-order valence-electron chi connectivity index (χ1n) is 5.17. The van der Waals surface area contributed by atoms with E-state index in [0.29, 0.717) is 4.64 Å². The van der Waals surface area contributed by atoms with Crippen LogP contribution in [0.4, 0.5) is 0 Å². The van der Waals surface area contributed by atoms with Gasteiger partial charge in [-0.05, 0) is 28.4 Å². The molecule has 0 unspecified atom stereocenters. The molecule has 0 aliphatic heterocycles. The van der Waals surface area contributed by atoms with Gasteiger partial charge in [-0.15, -0.1) is 0 Å². The summed E-state index contributed by atoms with van der Waals surface area (Å²) in [5.74, 6) is 0.794. The van der Waals surface area contributed by atoms with Gasteiger partial charge in [-0.1, -0.05) is 53.3 Å². The molecular weight excluding hydrogens is 364 g/mol. The fraction of sp³-hybridized carbons (Fsp3) is 0.167. The van der Waals surface area contributed by atoms with E-state index in [2.05, 4.69) is 48.8 Å². The smallest absolute Gasteiger partial charge is 0.144 e. The highest BCUT2D eigenvalue weighted by molar-refractivity contribution is 9.11. The van der Waals surface area contributed by atoms with Crippen molar-refractivity contribution >= 4 is 44.1 Å². The fourth-order valence-corrected chi connectivity index (χ4v) is 2.69. The minimum atomic E-state index is 0.589. The van der Waals surface area contributed by atoms with Crippen LogP contribution in [0.25, 0.3) is 11.4 Å². The van der Waals surface area contributed by atoms with Crippen LogP contribution in [0.15, 0.2) is 33.2 Å².